The molecule has 2 heterocycles. The predicted octanol–water partition coefficient (Wildman–Crippen LogP) is 4.25. The monoisotopic (exact) mass is 493 g/mol. The van der Waals surface area contributed by atoms with Crippen LogP contribution >= 0.6 is 0 Å². The van der Waals surface area contributed by atoms with Crippen LogP contribution in [0.5, 0.6) is 0 Å². The number of alkyl halides is 3. The van der Waals surface area contributed by atoms with Crippen molar-refractivity contribution in [3.8, 4) is 6.07 Å². The second kappa shape index (κ2) is 9.07. The zero-order valence-electron chi connectivity index (χ0n) is 18.7. The van der Waals surface area contributed by atoms with Gasteiger partial charge in [0.05, 0.1) is 28.7 Å². The van der Waals surface area contributed by atoms with E-state index in [2.05, 4.69) is 4.98 Å². The van der Waals surface area contributed by atoms with E-state index in [-0.39, 0.29) is 22.8 Å². The Morgan fingerprint density at radius 2 is 1.83 bits per heavy atom. The molecule has 0 aliphatic carbocycles. The maximum absolute atomic E-state index is 13.6. The van der Waals surface area contributed by atoms with Gasteiger partial charge >= 0.3 is 12.1 Å². The smallest absolute Gasteiger partial charge is 0.416 e. The highest BCUT2D eigenvalue weighted by atomic mass is 19.4. The Morgan fingerprint density at radius 3 is 2.39 bits per heavy atom. The lowest BCUT2D eigenvalue weighted by molar-refractivity contribution is -0.137. The van der Waals surface area contributed by atoms with E-state index < -0.39 is 35.1 Å². The van der Waals surface area contributed by atoms with Crippen LogP contribution < -0.4 is 10.6 Å². The first-order valence-electron chi connectivity index (χ1n) is 10.5. The van der Waals surface area contributed by atoms with Gasteiger partial charge in [-0.15, -0.1) is 0 Å². The third-order valence-corrected chi connectivity index (χ3v) is 5.82. The molecule has 0 fully saturated rings. The van der Waals surface area contributed by atoms with Crippen LogP contribution in [0.2, 0.25) is 0 Å². The number of carbonyl (C=O) groups is 2. The number of aliphatic carboxylic acids is 1. The number of halogens is 3. The molecule has 36 heavy (non-hydrogen) atoms. The number of nitrogens with two attached hydrogens (primary N) is 1. The Morgan fingerprint density at radius 1 is 1.14 bits per heavy atom. The van der Waals surface area contributed by atoms with Gasteiger partial charge in [0.25, 0.3) is 5.91 Å². The van der Waals surface area contributed by atoms with Gasteiger partial charge in [-0.1, -0.05) is 18.2 Å². The number of hydrogen-bond acceptors (Lipinski definition) is 6. The molecule has 3 N–H and O–H groups in total. The predicted molar refractivity (Wildman–Crippen MR) is 122 cm³/mol. The largest absolute Gasteiger partial charge is 0.478 e. The number of rotatable bonds is 4. The van der Waals surface area contributed by atoms with Crippen molar-refractivity contribution in [2.45, 2.75) is 19.0 Å². The normalized spacial score (nSPS) is 16.2. The summed E-state index contributed by atoms with van der Waals surface area (Å²) >= 11 is 0. The number of benzene rings is 2. The summed E-state index contributed by atoms with van der Waals surface area (Å²) in [5.41, 5.74) is 5.67. The zero-order chi connectivity index (χ0) is 26.2. The average Bonchev–Trinajstić information content (AvgIpc) is 3.38. The summed E-state index contributed by atoms with van der Waals surface area (Å²) in [6, 6.07) is 12.1. The quantitative estimate of drug-likeness (QED) is 0.557. The molecular formula is C25H18F3N5O3. The van der Waals surface area contributed by atoms with Crippen LogP contribution in [0.25, 0.3) is 0 Å². The van der Waals surface area contributed by atoms with Crippen molar-refractivity contribution >= 4 is 17.6 Å². The molecule has 0 spiro atoms. The molecule has 1 atom stereocenters. The molecule has 0 saturated carbocycles. The number of carboxylic acids is 1. The summed E-state index contributed by atoms with van der Waals surface area (Å²) in [5.74, 6) is -3.60. The van der Waals surface area contributed by atoms with Gasteiger partial charge in [0.2, 0.25) is 0 Å². The van der Waals surface area contributed by atoms with Crippen LogP contribution in [0, 0.1) is 11.3 Å². The van der Waals surface area contributed by atoms with Crippen molar-refractivity contribution < 1.29 is 27.9 Å². The Balaban J connectivity index is 2.00. The molecular weight excluding hydrogens is 475 g/mol. The minimum Gasteiger partial charge on any atom is -0.478 e. The second-order valence-corrected chi connectivity index (χ2v) is 7.93. The van der Waals surface area contributed by atoms with E-state index in [1.165, 1.54) is 62.0 Å². The standard InChI is InChI=1S/C25H18F3N5O3/c1-14-19(23(34)32-10-9-31-13-32)20(16-7-5-15(12-29)6-8-16)21(24(35)36)22(30)33(14)18-4-2-3-17(11-18)25(26,27)28/h2-11,13,20H,30H2,1H3,(H,35,36). The molecule has 4 rings (SSSR count). The summed E-state index contributed by atoms with van der Waals surface area (Å²) in [4.78, 5) is 31.1. The molecule has 182 valence electrons. The Labute approximate surface area is 203 Å². The van der Waals surface area contributed by atoms with Crippen LogP contribution in [0.1, 0.15) is 34.3 Å². The lowest BCUT2D eigenvalue weighted by atomic mass is 9.80. The summed E-state index contributed by atoms with van der Waals surface area (Å²) in [5, 5.41) is 19.3. The summed E-state index contributed by atoms with van der Waals surface area (Å²) in [6.45, 7) is 1.48. The molecule has 0 saturated heterocycles. The fourth-order valence-electron chi connectivity index (χ4n) is 4.19. The maximum Gasteiger partial charge on any atom is 0.416 e. The van der Waals surface area contributed by atoms with Crippen molar-refractivity contribution in [3.63, 3.8) is 0 Å². The zero-order valence-corrected chi connectivity index (χ0v) is 18.7. The number of nitriles is 1. The molecule has 2 aromatic carbocycles. The first-order chi connectivity index (χ1) is 17.0. The minimum absolute atomic E-state index is 0.0262. The van der Waals surface area contributed by atoms with Crippen LogP contribution in [0.3, 0.4) is 0 Å². The summed E-state index contributed by atoms with van der Waals surface area (Å²) in [6.07, 6.45) is -0.692. The highest BCUT2D eigenvalue weighted by molar-refractivity contribution is 6.04. The number of hydrogen-bond donors (Lipinski definition) is 2. The number of anilines is 1. The summed E-state index contributed by atoms with van der Waals surface area (Å²) in [7, 11) is 0. The van der Waals surface area contributed by atoms with E-state index >= 15 is 0 Å². The van der Waals surface area contributed by atoms with Gasteiger partial charge in [-0.2, -0.15) is 18.4 Å². The van der Waals surface area contributed by atoms with Gasteiger partial charge in [0, 0.05) is 29.4 Å². The fraction of sp³-hybridized carbons (Fsp3) is 0.120. The fourth-order valence-corrected chi connectivity index (χ4v) is 4.19. The van der Waals surface area contributed by atoms with Crippen LogP contribution in [-0.2, 0) is 11.0 Å². The third kappa shape index (κ3) is 4.20. The number of nitrogens with zero attached hydrogens (tertiary/aromatic N) is 4. The molecule has 0 radical (unpaired) electrons. The van der Waals surface area contributed by atoms with Crippen LogP contribution in [0.4, 0.5) is 18.9 Å². The molecule has 1 aliphatic heterocycles. The van der Waals surface area contributed by atoms with E-state index in [9.17, 15) is 27.9 Å². The van der Waals surface area contributed by atoms with Crippen LogP contribution in [-0.4, -0.2) is 26.5 Å². The topological polar surface area (TPSA) is 125 Å². The highest BCUT2D eigenvalue weighted by Gasteiger charge is 2.41. The molecule has 1 aliphatic rings. The Hall–Kier alpha value is -4.85. The molecule has 11 heteroatoms. The molecule has 8 nitrogen and oxygen atoms in total. The first kappa shape index (κ1) is 24.3. The number of imidazole rings is 1. The van der Waals surface area contributed by atoms with Crippen molar-refractivity contribution in [1.29, 1.82) is 5.26 Å². The average molecular weight is 493 g/mol. The van der Waals surface area contributed by atoms with Crippen molar-refractivity contribution in [3.05, 3.63) is 107 Å². The Bertz CT molecular complexity index is 1450. The number of allylic oxidation sites excluding steroid dienone is 2. The Kier molecular flexibility index (Phi) is 6.12. The van der Waals surface area contributed by atoms with E-state index in [4.69, 9.17) is 11.0 Å². The van der Waals surface area contributed by atoms with E-state index in [1.807, 2.05) is 6.07 Å². The van der Waals surface area contributed by atoms with Crippen molar-refractivity contribution in [2.75, 3.05) is 4.90 Å². The summed E-state index contributed by atoms with van der Waals surface area (Å²) < 4.78 is 41.4. The maximum atomic E-state index is 13.6. The molecule has 3 aromatic rings. The van der Waals surface area contributed by atoms with Gasteiger partial charge in [0.1, 0.15) is 12.1 Å². The van der Waals surface area contributed by atoms with Gasteiger partial charge in [-0.05, 0) is 42.8 Å². The molecule has 0 bridgehead atoms. The molecule has 1 unspecified atom stereocenters. The van der Waals surface area contributed by atoms with Gasteiger partial charge in [0.15, 0.2) is 0 Å². The van der Waals surface area contributed by atoms with Crippen LogP contribution in [0.15, 0.2) is 89.9 Å². The van der Waals surface area contributed by atoms with Crippen molar-refractivity contribution in [2.24, 2.45) is 5.73 Å². The molecule has 1 aromatic heterocycles. The van der Waals surface area contributed by atoms with Gasteiger partial charge in [-0.25, -0.2) is 9.78 Å². The van der Waals surface area contributed by atoms with E-state index in [0.29, 0.717) is 11.1 Å². The molecule has 0 amide bonds. The van der Waals surface area contributed by atoms with E-state index in [1.54, 1.807) is 0 Å². The minimum atomic E-state index is -4.65. The number of carboxylic acid groups (broad SMARTS) is 1. The first-order valence-corrected chi connectivity index (χ1v) is 10.5. The number of aromatic nitrogens is 2. The SMILES string of the molecule is CC1=C(C(=O)n2ccnc2)C(c2ccc(C#N)cc2)C(C(=O)O)=C(N)N1c1cccc(C(F)(F)F)c1. The lowest BCUT2D eigenvalue weighted by Gasteiger charge is -2.37. The third-order valence-electron chi connectivity index (χ3n) is 5.82. The van der Waals surface area contributed by atoms with Crippen molar-refractivity contribution in [1.82, 2.24) is 9.55 Å². The highest BCUT2D eigenvalue weighted by Crippen LogP contribution is 2.44. The van der Waals surface area contributed by atoms with Gasteiger partial charge in [-0.3, -0.25) is 9.36 Å². The van der Waals surface area contributed by atoms with Gasteiger partial charge < -0.3 is 15.7 Å². The number of carbonyl (C=O) groups excluding carboxylic acids is 1. The van der Waals surface area contributed by atoms with E-state index in [0.717, 1.165) is 21.6 Å². The lowest BCUT2D eigenvalue weighted by Crippen LogP contribution is -2.39. The second-order valence-electron chi connectivity index (χ2n) is 7.93.